The van der Waals surface area contributed by atoms with E-state index in [4.69, 9.17) is 27.9 Å². The molecule has 1 unspecified atom stereocenters. The van der Waals surface area contributed by atoms with Gasteiger partial charge in [0, 0.05) is 30.1 Å². The van der Waals surface area contributed by atoms with E-state index >= 15 is 0 Å². The molecule has 164 valence electrons. The molecule has 1 aromatic heterocycles. The highest BCUT2D eigenvalue weighted by molar-refractivity contribution is 8.00. The second-order valence-electron chi connectivity index (χ2n) is 7.01. The summed E-state index contributed by atoms with van der Waals surface area (Å²) in [5, 5.41) is 4.84. The van der Waals surface area contributed by atoms with E-state index in [2.05, 4.69) is 19.4 Å². The number of hydrogen-bond acceptors (Lipinski definition) is 7. The van der Waals surface area contributed by atoms with Gasteiger partial charge >= 0.3 is 0 Å². The van der Waals surface area contributed by atoms with Gasteiger partial charge in [-0.05, 0) is 54.6 Å². The number of halogens is 4. The first-order chi connectivity index (χ1) is 15.0. The maximum atomic E-state index is 14.6. The minimum Gasteiger partial charge on any atom is -0.490 e. The van der Waals surface area contributed by atoms with Crippen LogP contribution in [-0.4, -0.2) is 29.1 Å². The van der Waals surface area contributed by atoms with Crippen LogP contribution in [0.3, 0.4) is 0 Å². The van der Waals surface area contributed by atoms with Crippen LogP contribution in [-0.2, 0) is 0 Å². The number of hydrogen-bond donors (Lipinski definition) is 2. The van der Waals surface area contributed by atoms with Gasteiger partial charge in [-0.25, -0.2) is 13.8 Å². The molecular formula is C20H18Cl2F2N4OS2. The van der Waals surface area contributed by atoms with Crippen LogP contribution in [0.1, 0.15) is 17.9 Å². The van der Waals surface area contributed by atoms with Crippen molar-refractivity contribution in [3.8, 4) is 5.75 Å². The van der Waals surface area contributed by atoms with Crippen molar-refractivity contribution in [3.63, 3.8) is 0 Å². The van der Waals surface area contributed by atoms with Gasteiger partial charge in [-0.3, -0.25) is 0 Å². The summed E-state index contributed by atoms with van der Waals surface area (Å²) in [6.07, 6.45) is 2.27. The summed E-state index contributed by atoms with van der Waals surface area (Å²) in [6, 6.07) is 7.78. The third kappa shape index (κ3) is 5.59. The predicted octanol–water partition coefficient (Wildman–Crippen LogP) is 6.01. The Labute approximate surface area is 196 Å². The van der Waals surface area contributed by atoms with Crippen LogP contribution < -0.4 is 14.8 Å². The van der Waals surface area contributed by atoms with Crippen molar-refractivity contribution in [2.24, 2.45) is 5.92 Å². The molecule has 1 fully saturated rings. The first-order valence-electron chi connectivity index (χ1n) is 9.48. The van der Waals surface area contributed by atoms with Gasteiger partial charge in [0.05, 0.1) is 21.5 Å². The van der Waals surface area contributed by atoms with E-state index in [1.165, 1.54) is 6.33 Å². The minimum atomic E-state index is -0.627. The number of nitrogens with one attached hydrogen (secondary N) is 2. The third-order valence-corrected chi connectivity index (χ3v) is 7.30. The molecule has 5 nitrogen and oxygen atoms in total. The smallest absolute Gasteiger partial charge is 0.212 e. The van der Waals surface area contributed by atoms with Crippen LogP contribution in [0.2, 0.25) is 10.0 Å². The van der Waals surface area contributed by atoms with Crippen LogP contribution in [0.4, 0.5) is 13.9 Å². The number of aromatic nitrogens is 2. The Kier molecular flexibility index (Phi) is 7.50. The summed E-state index contributed by atoms with van der Waals surface area (Å²) >= 11 is 14.3. The van der Waals surface area contributed by atoms with Crippen molar-refractivity contribution >= 4 is 51.8 Å². The molecule has 0 radical (unpaired) electrons. The van der Waals surface area contributed by atoms with E-state index < -0.39 is 11.6 Å². The van der Waals surface area contributed by atoms with Crippen molar-refractivity contribution in [1.29, 1.82) is 0 Å². The molecule has 3 aromatic rings. The first-order valence-corrected chi connectivity index (χ1v) is 11.8. The van der Waals surface area contributed by atoms with Gasteiger partial charge in [0.15, 0.2) is 11.6 Å². The average molecular weight is 503 g/mol. The monoisotopic (exact) mass is 502 g/mol. The molecule has 2 atom stereocenters. The predicted molar refractivity (Wildman–Crippen MR) is 121 cm³/mol. The number of nitrogens with zero attached hydrogens (tertiary/aromatic N) is 2. The molecule has 31 heavy (non-hydrogen) atoms. The Morgan fingerprint density at radius 1 is 1.19 bits per heavy atom. The summed E-state index contributed by atoms with van der Waals surface area (Å²) in [6.45, 7) is 1.80. The Morgan fingerprint density at radius 2 is 2.06 bits per heavy atom. The minimum absolute atomic E-state index is 0.0709. The van der Waals surface area contributed by atoms with E-state index in [0.717, 1.165) is 54.1 Å². The molecule has 0 spiro atoms. The largest absolute Gasteiger partial charge is 0.490 e. The van der Waals surface area contributed by atoms with E-state index in [1.807, 2.05) is 12.1 Å². The number of rotatable bonds is 7. The topological polar surface area (TPSA) is 59.1 Å². The summed E-state index contributed by atoms with van der Waals surface area (Å²) in [5.74, 6) is -1.08. The Morgan fingerprint density at radius 3 is 2.84 bits per heavy atom. The molecule has 4 rings (SSSR count). The van der Waals surface area contributed by atoms with Crippen molar-refractivity contribution in [2.45, 2.75) is 17.2 Å². The number of anilines is 1. The van der Waals surface area contributed by atoms with Gasteiger partial charge in [-0.15, -0.1) is 0 Å². The van der Waals surface area contributed by atoms with Gasteiger partial charge < -0.3 is 14.8 Å². The molecule has 2 heterocycles. The van der Waals surface area contributed by atoms with Gasteiger partial charge in [0.25, 0.3) is 0 Å². The number of ether oxygens (including phenoxy) is 1. The lowest BCUT2D eigenvalue weighted by Crippen LogP contribution is -2.38. The van der Waals surface area contributed by atoms with Crippen LogP contribution in [0.25, 0.3) is 0 Å². The molecule has 1 saturated heterocycles. The number of piperidine rings is 1. The molecule has 0 bridgehead atoms. The first kappa shape index (κ1) is 22.5. The van der Waals surface area contributed by atoms with Crippen molar-refractivity contribution in [2.75, 3.05) is 24.4 Å². The standard InChI is InChI=1S/C20H18Cl2F2N4OS2/c21-14-2-1-11(5-15(14)22)13-3-4-25-8-12(13)9-29-18-6-17(24)19(7-16(18)23)30-28-20-26-10-27-31-20/h1-2,5-7,10,12-13,25H,3-4,8-9H2,(H,26,27,28)/t12-,13?/m0/s1. The third-order valence-electron chi connectivity index (χ3n) is 5.03. The highest BCUT2D eigenvalue weighted by atomic mass is 35.5. The van der Waals surface area contributed by atoms with Crippen LogP contribution in [0, 0.1) is 17.6 Å². The average Bonchev–Trinajstić information content (AvgIpc) is 3.29. The van der Waals surface area contributed by atoms with Crippen molar-refractivity contribution in [1.82, 2.24) is 14.7 Å². The van der Waals surface area contributed by atoms with Crippen LogP contribution in [0.5, 0.6) is 5.75 Å². The Hall–Kier alpha value is -1.65. The van der Waals surface area contributed by atoms with Gasteiger partial charge in [-0.1, -0.05) is 29.3 Å². The highest BCUT2D eigenvalue weighted by Crippen LogP contribution is 2.35. The molecule has 0 saturated carbocycles. The normalized spacial score (nSPS) is 18.7. The zero-order chi connectivity index (χ0) is 21.8. The van der Waals surface area contributed by atoms with Gasteiger partial charge in [0.1, 0.15) is 12.1 Å². The van der Waals surface area contributed by atoms with Gasteiger partial charge in [-0.2, -0.15) is 4.37 Å². The second-order valence-corrected chi connectivity index (χ2v) is 9.45. The van der Waals surface area contributed by atoms with Crippen LogP contribution >= 0.6 is 46.7 Å². The summed E-state index contributed by atoms with van der Waals surface area (Å²) in [7, 11) is 0. The van der Waals surface area contributed by atoms with Crippen LogP contribution in [0.15, 0.2) is 41.6 Å². The van der Waals surface area contributed by atoms with Crippen molar-refractivity contribution < 1.29 is 13.5 Å². The molecule has 0 amide bonds. The molecular weight excluding hydrogens is 485 g/mol. The van der Waals surface area contributed by atoms with E-state index in [9.17, 15) is 8.78 Å². The lowest BCUT2D eigenvalue weighted by atomic mass is 9.81. The molecule has 2 N–H and O–H groups in total. The second kappa shape index (κ2) is 10.3. The van der Waals surface area contributed by atoms with E-state index in [0.29, 0.717) is 21.7 Å². The molecule has 1 aliphatic heterocycles. The lowest BCUT2D eigenvalue weighted by molar-refractivity contribution is 0.190. The maximum Gasteiger partial charge on any atom is 0.212 e. The Balaban J connectivity index is 1.43. The highest BCUT2D eigenvalue weighted by Gasteiger charge is 2.28. The quantitative estimate of drug-likeness (QED) is 0.385. The molecule has 1 aliphatic rings. The molecule has 0 aliphatic carbocycles. The maximum absolute atomic E-state index is 14.6. The van der Waals surface area contributed by atoms with Crippen molar-refractivity contribution in [3.05, 3.63) is 63.9 Å². The summed E-state index contributed by atoms with van der Waals surface area (Å²) < 4.78 is 41.4. The zero-order valence-corrected chi connectivity index (χ0v) is 19.2. The lowest BCUT2D eigenvalue weighted by Gasteiger charge is -2.32. The summed E-state index contributed by atoms with van der Waals surface area (Å²) in [4.78, 5) is 4.04. The number of benzene rings is 2. The summed E-state index contributed by atoms with van der Waals surface area (Å²) in [5.41, 5.74) is 1.06. The van der Waals surface area contributed by atoms with E-state index in [1.54, 1.807) is 6.07 Å². The van der Waals surface area contributed by atoms with E-state index in [-0.39, 0.29) is 29.1 Å². The fourth-order valence-electron chi connectivity index (χ4n) is 3.49. The molecule has 2 aromatic carbocycles. The fraction of sp³-hybridized carbons (Fsp3) is 0.300. The molecule has 11 heteroatoms. The Bertz CT molecular complexity index is 1040. The zero-order valence-electron chi connectivity index (χ0n) is 16.1. The van der Waals surface area contributed by atoms with Gasteiger partial charge in [0.2, 0.25) is 5.13 Å². The SMILES string of the molecule is Fc1cc(SNc2ncns2)c(F)cc1OC[C@@H]1CNCCC1c1ccc(Cl)c(Cl)c1. The fourth-order valence-corrected chi connectivity index (χ4v) is 4.93.